The zero-order valence-corrected chi connectivity index (χ0v) is 18.8. The fourth-order valence-corrected chi connectivity index (χ4v) is 5.67. The van der Waals surface area contributed by atoms with Crippen LogP contribution in [-0.2, 0) is 4.79 Å². The molecule has 2 heterocycles. The summed E-state index contributed by atoms with van der Waals surface area (Å²) in [5.74, 6) is 1.56. The van der Waals surface area contributed by atoms with Gasteiger partial charge in [-0.05, 0) is 113 Å². The van der Waals surface area contributed by atoms with Crippen LogP contribution >= 0.6 is 0 Å². The number of benzene rings is 1. The average Bonchev–Trinajstić information content (AvgIpc) is 3.57. The number of carbonyl (C=O) groups is 1. The minimum atomic E-state index is -1.05. The van der Waals surface area contributed by atoms with E-state index in [2.05, 4.69) is 16.3 Å². The summed E-state index contributed by atoms with van der Waals surface area (Å²) in [6.07, 6.45) is 11.3. The minimum Gasteiger partial charge on any atom is -0.489 e. The van der Waals surface area contributed by atoms with E-state index in [1.165, 1.54) is 37.0 Å². The van der Waals surface area contributed by atoms with Crippen LogP contribution in [0.3, 0.4) is 0 Å². The number of allylic oxidation sites excluding steroid dienone is 1. The van der Waals surface area contributed by atoms with Gasteiger partial charge in [0.2, 0.25) is 0 Å². The van der Waals surface area contributed by atoms with E-state index in [1.54, 1.807) is 0 Å². The van der Waals surface area contributed by atoms with Crippen molar-refractivity contribution >= 4 is 11.5 Å². The van der Waals surface area contributed by atoms with Crippen LogP contribution in [0.5, 0.6) is 5.75 Å². The van der Waals surface area contributed by atoms with Crippen molar-refractivity contribution in [1.29, 1.82) is 0 Å². The second-order valence-corrected chi connectivity index (χ2v) is 10.2. The summed E-state index contributed by atoms with van der Waals surface area (Å²) in [6.45, 7) is 3.92. The first-order chi connectivity index (χ1) is 15.5. The summed E-state index contributed by atoms with van der Waals surface area (Å²) < 4.78 is 19.2. The van der Waals surface area contributed by atoms with Gasteiger partial charge in [0, 0.05) is 17.7 Å². The van der Waals surface area contributed by atoms with Gasteiger partial charge in [0.15, 0.2) is 0 Å². The van der Waals surface area contributed by atoms with Gasteiger partial charge in [-0.15, -0.1) is 0 Å². The number of carbonyl (C=O) groups excluding carboxylic acids is 1. The molecule has 0 atom stereocenters. The predicted octanol–water partition coefficient (Wildman–Crippen LogP) is 3.90. The lowest BCUT2D eigenvalue weighted by Gasteiger charge is -2.36. The monoisotopic (exact) mass is 442 g/mol. The molecule has 1 amide bonds. The molecule has 2 N–H and O–H groups in total. The topological polar surface area (TPSA) is 61.8 Å². The number of piperidine rings is 1. The third kappa shape index (κ3) is 4.86. The van der Waals surface area contributed by atoms with Crippen molar-refractivity contribution in [2.45, 2.75) is 69.4 Å². The Hall–Kier alpha value is -1.92. The molecule has 5 rings (SSSR count). The third-order valence-corrected chi connectivity index (χ3v) is 8.01. The molecule has 174 valence electrons. The Morgan fingerprint density at radius 2 is 1.91 bits per heavy atom. The van der Waals surface area contributed by atoms with Crippen molar-refractivity contribution in [1.82, 2.24) is 10.2 Å². The van der Waals surface area contributed by atoms with Crippen molar-refractivity contribution in [3.63, 3.8) is 0 Å². The summed E-state index contributed by atoms with van der Waals surface area (Å²) in [6, 6.07) is 5.14. The van der Waals surface area contributed by atoms with Crippen LogP contribution < -0.4 is 10.1 Å². The molecule has 2 aliphatic carbocycles. The fraction of sp³-hybridized carbons (Fsp3) is 0.654. The molecule has 32 heavy (non-hydrogen) atoms. The lowest BCUT2D eigenvalue weighted by Crippen LogP contribution is -2.44. The number of amides is 1. The summed E-state index contributed by atoms with van der Waals surface area (Å²) in [5.41, 5.74) is 1.35. The van der Waals surface area contributed by atoms with E-state index < -0.39 is 5.60 Å². The maximum atomic E-state index is 13.5. The minimum absolute atomic E-state index is 0.156. The van der Waals surface area contributed by atoms with E-state index in [0.29, 0.717) is 31.1 Å². The molecule has 1 aromatic carbocycles. The van der Waals surface area contributed by atoms with Gasteiger partial charge < -0.3 is 20.1 Å². The van der Waals surface area contributed by atoms with Crippen molar-refractivity contribution < 1.29 is 19.0 Å². The van der Waals surface area contributed by atoms with Crippen LogP contribution in [0.1, 0.15) is 63.4 Å². The SMILES string of the molecule is O=C(NC1CCC(CCN2CCC(C3=CCOc4cc(F)ccc43)CC2)CC1)C1(O)CC1. The van der Waals surface area contributed by atoms with E-state index >= 15 is 0 Å². The Bertz CT molecular complexity index is 866. The molecule has 3 fully saturated rings. The maximum absolute atomic E-state index is 13.5. The van der Waals surface area contributed by atoms with Crippen LogP contribution in [0.15, 0.2) is 24.3 Å². The maximum Gasteiger partial charge on any atom is 0.252 e. The Morgan fingerprint density at radius 3 is 2.62 bits per heavy atom. The smallest absolute Gasteiger partial charge is 0.252 e. The van der Waals surface area contributed by atoms with Gasteiger partial charge in [0.05, 0.1) is 0 Å². The molecule has 0 unspecified atom stereocenters. The van der Waals surface area contributed by atoms with Crippen LogP contribution in [0.2, 0.25) is 0 Å². The molecule has 1 aromatic rings. The van der Waals surface area contributed by atoms with Gasteiger partial charge in [0.25, 0.3) is 5.91 Å². The second kappa shape index (κ2) is 9.14. The lowest BCUT2D eigenvalue weighted by atomic mass is 9.82. The van der Waals surface area contributed by atoms with Crippen molar-refractivity contribution in [3.8, 4) is 5.75 Å². The lowest BCUT2D eigenvalue weighted by molar-refractivity contribution is -0.132. The number of aliphatic hydroxyl groups is 1. The number of fused-ring (bicyclic) bond motifs is 1. The highest BCUT2D eigenvalue weighted by Gasteiger charge is 2.48. The Labute approximate surface area is 190 Å². The Kier molecular flexibility index (Phi) is 6.26. The van der Waals surface area contributed by atoms with Crippen molar-refractivity contribution in [2.75, 3.05) is 26.2 Å². The van der Waals surface area contributed by atoms with Gasteiger partial charge in [-0.2, -0.15) is 0 Å². The zero-order chi connectivity index (χ0) is 22.1. The third-order valence-electron chi connectivity index (χ3n) is 8.01. The molecule has 1 saturated heterocycles. The molecule has 0 radical (unpaired) electrons. The number of ether oxygens (including phenoxy) is 1. The molecule has 2 aliphatic heterocycles. The molecule has 0 bridgehead atoms. The summed E-state index contributed by atoms with van der Waals surface area (Å²) in [7, 11) is 0. The second-order valence-electron chi connectivity index (χ2n) is 10.2. The Balaban J connectivity index is 1.03. The summed E-state index contributed by atoms with van der Waals surface area (Å²) >= 11 is 0. The quantitative estimate of drug-likeness (QED) is 0.701. The number of halogens is 1. The van der Waals surface area contributed by atoms with E-state index in [1.807, 2.05) is 6.07 Å². The number of nitrogens with zero attached hydrogens (tertiary/aromatic N) is 1. The van der Waals surface area contributed by atoms with E-state index in [-0.39, 0.29) is 17.8 Å². The van der Waals surface area contributed by atoms with Crippen molar-refractivity contribution in [3.05, 3.63) is 35.7 Å². The van der Waals surface area contributed by atoms with E-state index in [9.17, 15) is 14.3 Å². The first-order valence-electron chi connectivity index (χ1n) is 12.4. The molecule has 5 nitrogen and oxygen atoms in total. The fourth-order valence-electron chi connectivity index (χ4n) is 5.67. The van der Waals surface area contributed by atoms with Crippen LogP contribution in [0.4, 0.5) is 4.39 Å². The zero-order valence-electron chi connectivity index (χ0n) is 18.8. The first kappa shape index (κ1) is 21.9. The molecule has 0 spiro atoms. The van der Waals surface area contributed by atoms with Crippen molar-refractivity contribution in [2.24, 2.45) is 11.8 Å². The number of rotatable bonds is 6. The molecule has 0 aromatic heterocycles. The average molecular weight is 443 g/mol. The predicted molar refractivity (Wildman–Crippen MR) is 122 cm³/mol. The highest BCUT2D eigenvalue weighted by molar-refractivity contribution is 5.87. The summed E-state index contributed by atoms with van der Waals surface area (Å²) in [5, 5.41) is 13.0. The van der Waals surface area contributed by atoms with Gasteiger partial charge in [-0.3, -0.25) is 4.79 Å². The molecular formula is C26H35FN2O3. The van der Waals surface area contributed by atoms with Gasteiger partial charge in [-0.1, -0.05) is 0 Å². The van der Waals surface area contributed by atoms with Crippen LogP contribution in [-0.4, -0.2) is 53.8 Å². The number of nitrogens with one attached hydrogen (secondary N) is 1. The van der Waals surface area contributed by atoms with E-state index in [4.69, 9.17) is 4.74 Å². The highest BCUT2D eigenvalue weighted by atomic mass is 19.1. The molecule has 6 heteroatoms. The largest absolute Gasteiger partial charge is 0.489 e. The van der Waals surface area contributed by atoms with Gasteiger partial charge >= 0.3 is 0 Å². The molecule has 2 saturated carbocycles. The highest BCUT2D eigenvalue weighted by Crippen LogP contribution is 2.39. The molecular weight excluding hydrogens is 407 g/mol. The summed E-state index contributed by atoms with van der Waals surface area (Å²) in [4.78, 5) is 14.6. The van der Waals surface area contributed by atoms with Gasteiger partial charge in [0.1, 0.15) is 23.8 Å². The first-order valence-corrected chi connectivity index (χ1v) is 12.4. The standard InChI is InChI=1S/C26H35FN2O3/c27-20-3-6-23-22(10-16-32-24(23)17-20)19-8-14-29(15-9-19)13-7-18-1-4-21(5-2-18)28-25(30)26(31)11-12-26/h3,6,10,17-19,21,31H,1-2,4-5,7-9,11-16H2,(H,28,30). The normalized spacial score (nSPS) is 27.8. The number of hydrogen-bond donors (Lipinski definition) is 2. The van der Waals surface area contributed by atoms with Gasteiger partial charge in [-0.25, -0.2) is 4.39 Å². The number of likely N-dealkylation sites (tertiary alicyclic amines) is 1. The van der Waals surface area contributed by atoms with Crippen LogP contribution in [0.25, 0.3) is 5.57 Å². The molecule has 4 aliphatic rings. The van der Waals surface area contributed by atoms with E-state index in [0.717, 1.165) is 56.8 Å². The Morgan fingerprint density at radius 1 is 1.16 bits per heavy atom. The number of hydrogen-bond acceptors (Lipinski definition) is 4. The van der Waals surface area contributed by atoms with Crippen LogP contribution in [0, 0.1) is 17.7 Å².